The molecule has 4 heteroatoms. The molecule has 0 spiro atoms. The molecule has 4 nitrogen and oxygen atoms in total. The van der Waals surface area contributed by atoms with Gasteiger partial charge in [-0.3, -0.25) is 0 Å². The van der Waals surface area contributed by atoms with Crippen molar-refractivity contribution < 1.29 is 19.7 Å². The van der Waals surface area contributed by atoms with E-state index in [0.717, 1.165) is 11.1 Å². The molecule has 0 saturated heterocycles. The van der Waals surface area contributed by atoms with Gasteiger partial charge < -0.3 is 14.9 Å². The zero-order valence-corrected chi connectivity index (χ0v) is 13.0. The van der Waals surface area contributed by atoms with Crippen molar-refractivity contribution in [3.8, 4) is 11.5 Å². The largest absolute Gasteiger partial charge is 0.508 e. The molecule has 0 aliphatic heterocycles. The summed E-state index contributed by atoms with van der Waals surface area (Å²) >= 11 is 0. The van der Waals surface area contributed by atoms with Crippen LogP contribution in [0.5, 0.6) is 11.5 Å². The summed E-state index contributed by atoms with van der Waals surface area (Å²) in [6.45, 7) is 6.00. The highest BCUT2D eigenvalue weighted by atomic mass is 16.5. The topological polar surface area (TPSA) is 66.8 Å². The smallest absolute Gasteiger partial charge is 0.341 e. The highest BCUT2D eigenvalue weighted by Crippen LogP contribution is 2.34. The van der Waals surface area contributed by atoms with Crippen LogP contribution in [0.2, 0.25) is 0 Å². The molecular formula is C18H20O4. The molecule has 0 unspecified atom stereocenters. The van der Waals surface area contributed by atoms with Crippen LogP contribution in [0.4, 0.5) is 0 Å². The maximum absolute atomic E-state index is 11.9. The Labute approximate surface area is 130 Å². The van der Waals surface area contributed by atoms with Gasteiger partial charge in [0.25, 0.3) is 0 Å². The minimum Gasteiger partial charge on any atom is -0.508 e. The van der Waals surface area contributed by atoms with Crippen LogP contribution in [-0.4, -0.2) is 22.8 Å². The molecular weight excluding hydrogens is 280 g/mol. The number of carbonyl (C=O) groups excluding carboxylic acids is 1. The van der Waals surface area contributed by atoms with Crippen molar-refractivity contribution in [1.29, 1.82) is 0 Å². The van der Waals surface area contributed by atoms with Crippen LogP contribution >= 0.6 is 0 Å². The lowest BCUT2D eigenvalue weighted by molar-refractivity contribution is 0.0523. The molecule has 0 aliphatic carbocycles. The quantitative estimate of drug-likeness (QED) is 0.847. The summed E-state index contributed by atoms with van der Waals surface area (Å²) < 4.78 is 4.97. The number of phenols is 2. The normalized spacial score (nSPS) is 11.2. The van der Waals surface area contributed by atoms with E-state index in [1.165, 1.54) is 6.07 Å². The zero-order valence-electron chi connectivity index (χ0n) is 13.0. The fraction of sp³-hybridized carbons (Fsp3) is 0.278. The van der Waals surface area contributed by atoms with Gasteiger partial charge in [-0.2, -0.15) is 0 Å². The Morgan fingerprint density at radius 3 is 2.23 bits per heavy atom. The van der Waals surface area contributed by atoms with E-state index in [4.69, 9.17) is 4.74 Å². The summed E-state index contributed by atoms with van der Waals surface area (Å²) in [7, 11) is 0. The van der Waals surface area contributed by atoms with Gasteiger partial charge in [0, 0.05) is 5.41 Å². The second-order valence-corrected chi connectivity index (χ2v) is 5.62. The van der Waals surface area contributed by atoms with Gasteiger partial charge in [-0.25, -0.2) is 4.79 Å². The number of esters is 1. The maximum atomic E-state index is 11.9. The Morgan fingerprint density at radius 1 is 1.05 bits per heavy atom. The van der Waals surface area contributed by atoms with E-state index < -0.39 is 5.97 Å². The molecule has 0 atom stereocenters. The fourth-order valence-electron chi connectivity index (χ4n) is 2.34. The van der Waals surface area contributed by atoms with Crippen molar-refractivity contribution in [1.82, 2.24) is 0 Å². The van der Waals surface area contributed by atoms with Crippen LogP contribution in [0.15, 0.2) is 42.5 Å². The Morgan fingerprint density at radius 2 is 1.64 bits per heavy atom. The first-order chi connectivity index (χ1) is 10.4. The van der Waals surface area contributed by atoms with Gasteiger partial charge >= 0.3 is 5.97 Å². The predicted octanol–water partition coefficient (Wildman–Crippen LogP) is 3.60. The molecule has 2 rings (SSSR count). The van der Waals surface area contributed by atoms with Gasteiger partial charge in [-0.15, -0.1) is 0 Å². The fourth-order valence-corrected chi connectivity index (χ4v) is 2.34. The molecule has 2 N–H and O–H groups in total. The number of rotatable bonds is 4. The average Bonchev–Trinajstić information content (AvgIpc) is 2.48. The molecule has 116 valence electrons. The highest BCUT2D eigenvalue weighted by Gasteiger charge is 2.25. The molecule has 0 radical (unpaired) electrons. The standard InChI is InChI=1S/C18H20O4/c1-4-22-17(21)15-11-13(7-10-16(15)20)18(2,3)12-5-8-14(19)9-6-12/h5-11,19-20H,4H2,1-3H3. The van der Waals surface area contributed by atoms with Gasteiger partial charge in [0.05, 0.1) is 6.61 Å². The van der Waals surface area contributed by atoms with Crippen LogP contribution in [0.1, 0.15) is 42.3 Å². The van der Waals surface area contributed by atoms with Gasteiger partial charge in [0.15, 0.2) is 0 Å². The maximum Gasteiger partial charge on any atom is 0.341 e. The number of aromatic hydroxyl groups is 2. The second kappa shape index (κ2) is 6.10. The SMILES string of the molecule is CCOC(=O)c1cc(C(C)(C)c2ccc(O)cc2)ccc1O. The van der Waals surface area contributed by atoms with Crippen molar-refractivity contribution in [3.63, 3.8) is 0 Å². The Balaban J connectivity index is 2.45. The summed E-state index contributed by atoms with van der Waals surface area (Å²) in [5.74, 6) is -0.426. The number of ether oxygens (including phenoxy) is 1. The predicted molar refractivity (Wildman–Crippen MR) is 84.3 cm³/mol. The van der Waals surface area contributed by atoms with Crippen LogP contribution < -0.4 is 0 Å². The van der Waals surface area contributed by atoms with Crippen LogP contribution in [0, 0.1) is 0 Å². The van der Waals surface area contributed by atoms with Crippen LogP contribution in [-0.2, 0) is 10.2 Å². The molecule has 2 aromatic rings. The Bertz CT molecular complexity index is 672. The van der Waals surface area contributed by atoms with E-state index in [2.05, 4.69) is 0 Å². The molecule has 0 aliphatic rings. The van der Waals surface area contributed by atoms with E-state index in [1.54, 1.807) is 31.2 Å². The summed E-state index contributed by atoms with van der Waals surface area (Å²) in [5.41, 5.74) is 1.64. The lowest BCUT2D eigenvalue weighted by atomic mass is 9.77. The third kappa shape index (κ3) is 3.06. The minimum absolute atomic E-state index is 0.0938. The van der Waals surface area contributed by atoms with Crippen LogP contribution in [0.3, 0.4) is 0 Å². The molecule has 0 saturated carbocycles. The van der Waals surface area contributed by atoms with Crippen molar-refractivity contribution in [2.24, 2.45) is 0 Å². The monoisotopic (exact) mass is 300 g/mol. The molecule has 0 heterocycles. The summed E-state index contributed by atoms with van der Waals surface area (Å²) in [5, 5.41) is 19.3. The first-order valence-electron chi connectivity index (χ1n) is 7.16. The summed E-state index contributed by atoms with van der Waals surface area (Å²) in [6, 6.07) is 11.9. The second-order valence-electron chi connectivity index (χ2n) is 5.62. The zero-order chi connectivity index (χ0) is 16.3. The van der Waals surface area contributed by atoms with Gasteiger partial charge in [0.2, 0.25) is 0 Å². The van der Waals surface area contributed by atoms with Crippen molar-refractivity contribution in [3.05, 3.63) is 59.2 Å². The van der Waals surface area contributed by atoms with E-state index in [-0.39, 0.29) is 29.1 Å². The van der Waals surface area contributed by atoms with Gasteiger partial charge in [-0.05, 0) is 42.3 Å². The van der Waals surface area contributed by atoms with E-state index in [1.807, 2.05) is 26.0 Å². The number of carbonyl (C=O) groups is 1. The summed E-state index contributed by atoms with van der Waals surface area (Å²) in [4.78, 5) is 11.9. The molecule has 0 bridgehead atoms. The van der Waals surface area contributed by atoms with Crippen molar-refractivity contribution >= 4 is 5.97 Å². The van der Waals surface area contributed by atoms with Crippen molar-refractivity contribution in [2.45, 2.75) is 26.2 Å². The molecule has 0 fully saturated rings. The van der Waals surface area contributed by atoms with Crippen LogP contribution in [0.25, 0.3) is 0 Å². The van der Waals surface area contributed by atoms with Gasteiger partial charge in [-0.1, -0.05) is 32.0 Å². The molecule has 2 aromatic carbocycles. The Hall–Kier alpha value is -2.49. The number of hydrogen-bond acceptors (Lipinski definition) is 4. The molecule has 22 heavy (non-hydrogen) atoms. The first-order valence-corrected chi connectivity index (χ1v) is 7.16. The summed E-state index contributed by atoms with van der Waals surface area (Å²) in [6.07, 6.45) is 0. The number of benzene rings is 2. The Kier molecular flexibility index (Phi) is 4.40. The van der Waals surface area contributed by atoms with E-state index in [9.17, 15) is 15.0 Å². The minimum atomic E-state index is -0.539. The van der Waals surface area contributed by atoms with E-state index >= 15 is 0 Å². The number of phenolic OH excluding ortho intramolecular Hbond substituents is 2. The molecule has 0 amide bonds. The van der Waals surface area contributed by atoms with E-state index in [0.29, 0.717) is 0 Å². The average molecular weight is 300 g/mol. The van der Waals surface area contributed by atoms with Crippen molar-refractivity contribution in [2.75, 3.05) is 6.61 Å². The molecule has 0 aromatic heterocycles. The number of hydrogen-bond donors (Lipinski definition) is 2. The lowest BCUT2D eigenvalue weighted by Gasteiger charge is -2.26. The third-order valence-electron chi connectivity index (χ3n) is 3.80. The first kappa shape index (κ1) is 15.9. The lowest BCUT2D eigenvalue weighted by Crippen LogP contribution is -2.19. The van der Waals surface area contributed by atoms with Gasteiger partial charge in [0.1, 0.15) is 17.1 Å². The third-order valence-corrected chi connectivity index (χ3v) is 3.80. The highest BCUT2D eigenvalue weighted by molar-refractivity contribution is 5.92.